The summed E-state index contributed by atoms with van der Waals surface area (Å²) in [6, 6.07) is 29.0. The zero-order valence-electron chi connectivity index (χ0n) is 32.2. The second-order valence-corrected chi connectivity index (χ2v) is 15.8. The summed E-state index contributed by atoms with van der Waals surface area (Å²) in [4.78, 5) is 30.1. The van der Waals surface area contributed by atoms with Crippen molar-refractivity contribution in [3.05, 3.63) is 148 Å². The molecule has 3 aliphatic rings. The monoisotopic (exact) mass is 768 g/mol. The Morgan fingerprint density at radius 2 is 1.62 bits per heavy atom. The Balaban J connectivity index is 1.39. The number of urea groups is 1. The molecule has 4 aromatic carbocycles. The van der Waals surface area contributed by atoms with Crippen LogP contribution in [0.2, 0.25) is 0 Å². The van der Waals surface area contributed by atoms with Gasteiger partial charge in [-0.3, -0.25) is 4.79 Å². The van der Waals surface area contributed by atoms with Gasteiger partial charge in [0.05, 0.1) is 24.3 Å². The van der Waals surface area contributed by atoms with E-state index >= 15 is 0 Å². The summed E-state index contributed by atoms with van der Waals surface area (Å²) in [7, 11) is 0. The molecule has 296 valence electrons. The van der Waals surface area contributed by atoms with Gasteiger partial charge in [-0.25, -0.2) is 4.79 Å². The number of aliphatic hydroxyl groups is 2. The number of ketones is 1. The third kappa shape index (κ3) is 9.53. The summed E-state index contributed by atoms with van der Waals surface area (Å²) < 4.78 is 42.9. The number of nitrogens with one attached hydrogen (secondary N) is 1. The first-order valence-electron chi connectivity index (χ1n) is 19.4. The minimum atomic E-state index is -4.84. The molecule has 56 heavy (non-hydrogen) atoms. The van der Waals surface area contributed by atoms with Gasteiger partial charge in [-0.05, 0) is 105 Å². The summed E-state index contributed by atoms with van der Waals surface area (Å²) >= 11 is 0. The molecule has 4 aromatic rings. The fourth-order valence-electron chi connectivity index (χ4n) is 8.58. The topological polar surface area (TPSA) is 99.1 Å². The van der Waals surface area contributed by atoms with Gasteiger partial charge in [0, 0.05) is 23.1 Å². The van der Waals surface area contributed by atoms with Gasteiger partial charge in [-0.1, -0.05) is 104 Å². The van der Waals surface area contributed by atoms with Crippen molar-refractivity contribution in [2.45, 2.75) is 102 Å². The number of alkyl halides is 3. The second kappa shape index (κ2) is 17.1. The maximum Gasteiger partial charge on any atom is 0.573 e. The van der Waals surface area contributed by atoms with Crippen LogP contribution in [0.15, 0.2) is 115 Å². The van der Waals surface area contributed by atoms with Crippen LogP contribution >= 0.6 is 0 Å². The number of amides is 2. The van der Waals surface area contributed by atoms with Crippen LogP contribution < -0.4 is 10.1 Å². The molecule has 5 atom stereocenters. The number of hydrogen-bond acceptors (Lipinski definition) is 5. The lowest BCUT2D eigenvalue weighted by Gasteiger charge is -2.46. The Kier molecular flexibility index (Phi) is 12.4. The molecule has 3 N–H and O–H groups in total. The van der Waals surface area contributed by atoms with E-state index in [-0.39, 0.29) is 36.6 Å². The van der Waals surface area contributed by atoms with E-state index in [0.29, 0.717) is 61.6 Å². The fraction of sp³-hybridized carbons (Fsp3) is 0.391. The molecule has 10 heteroatoms. The number of carbonyl (C=O) groups is 2. The maximum absolute atomic E-state index is 14.3. The number of rotatable bonds is 9. The molecule has 0 aliphatic heterocycles. The van der Waals surface area contributed by atoms with E-state index in [1.165, 1.54) is 24.3 Å². The smallest absolute Gasteiger partial charge is 0.406 e. The van der Waals surface area contributed by atoms with Gasteiger partial charge in [-0.15, -0.1) is 13.2 Å². The average Bonchev–Trinajstić information content (AvgIpc) is 3.42. The van der Waals surface area contributed by atoms with Crippen molar-refractivity contribution in [1.29, 1.82) is 0 Å². The molecule has 7 nitrogen and oxygen atoms in total. The number of benzene rings is 4. The molecule has 0 radical (unpaired) electrons. The van der Waals surface area contributed by atoms with Gasteiger partial charge in [0.25, 0.3) is 0 Å². The standard InChI is InChI=1S/C46H51F3N2O5/c1-31-11-10-25-44(3)41(39-23-19-34(27-37(52)20-16-31)28-40(39)42(53)36-14-8-5-9-15-36)24-26-45(44,55)30-51(43(54)50-32(2)35-12-6-4-7-13-35)29-33-17-21-38(22-18-33)56-46(47,48)49/h4-9,11-15,17-19,21-23,28,32,37,41,52,55H,10,16,20,24-27,29-30H2,1-3H3,(H,50,54)/t32-,37+,41+,44+,45-/m1/s1. The lowest BCUT2D eigenvalue weighted by Crippen LogP contribution is -2.55. The zero-order chi connectivity index (χ0) is 40.1. The third-order valence-corrected chi connectivity index (χ3v) is 11.9. The predicted molar refractivity (Wildman–Crippen MR) is 210 cm³/mol. The zero-order valence-corrected chi connectivity index (χ0v) is 32.2. The molecule has 3 aliphatic carbocycles. The first kappa shape index (κ1) is 40.7. The van der Waals surface area contributed by atoms with E-state index in [9.17, 15) is 33.0 Å². The predicted octanol–water partition coefficient (Wildman–Crippen LogP) is 9.83. The molecule has 2 bridgehead atoms. The Morgan fingerprint density at radius 3 is 2.30 bits per heavy atom. The summed E-state index contributed by atoms with van der Waals surface area (Å²) in [5.74, 6) is -0.770. The van der Waals surface area contributed by atoms with Crippen molar-refractivity contribution in [2.24, 2.45) is 5.41 Å². The minimum absolute atomic E-state index is 0.0104. The fourth-order valence-corrected chi connectivity index (χ4v) is 8.58. The van der Waals surface area contributed by atoms with Crippen LogP contribution in [-0.4, -0.2) is 51.5 Å². The Bertz CT molecular complexity index is 2000. The lowest BCUT2D eigenvalue weighted by atomic mass is 9.64. The molecule has 1 fully saturated rings. The van der Waals surface area contributed by atoms with Crippen LogP contribution in [-0.2, 0) is 13.0 Å². The molecule has 0 saturated heterocycles. The number of nitrogens with zero attached hydrogens (tertiary/aromatic N) is 1. The van der Waals surface area contributed by atoms with Crippen molar-refractivity contribution >= 4 is 11.8 Å². The number of hydrogen-bond donors (Lipinski definition) is 3. The highest BCUT2D eigenvalue weighted by molar-refractivity contribution is 6.10. The summed E-state index contributed by atoms with van der Waals surface area (Å²) in [5.41, 5.74) is 3.11. The first-order chi connectivity index (χ1) is 26.6. The molecule has 1 saturated carbocycles. The first-order valence-corrected chi connectivity index (χ1v) is 19.4. The highest BCUT2D eigenvalue weighted by Gasteiger charge is 2.57. The van der Waals surface area contributed by atoms with Crippen molar-refractivity contribution in [1.82, 2.24) is 10.2 Å². The molecule has 0 heterocycles. The molecule has 0 spiro atoms. The van der Waals surface area contributed by atoms with Crippen molar-refractivity contribution in [3.63, 3.8) is 0 Å². The number of carbonyl (C=O) groups excluding carboxylic acids is 2. The second-order valence-electron chi connectivity index (χ2n) is 15.8. The van der Waals surface area contributed by atoms with Gasteiger partial charge in [-0.2, -0.15) is 0 Å². The van der Waals surface area contributed by atoms with Crippen LogP contribution in [0.3, 0.4) is 0 Å². The Morgan fingerprint density at radius 1 is 0.946 bits per heavy atom. The summed E-state index contributed by atoms with van der Waals surface area (Å²) in [6.07, 6.45) is 0.513. The number of aliphatic hydroxyl groups excluding tert-OH is 1. The Hall–Kier alpha value is -4.93. The van der Waals surface area contributed by atoms with Gasteiger partial charge >= 0.3 is 12.4 Å². The van der Waals surface area contributed by atoms with E-state index in [1.807, 2.05) is 73.7 Å². The van der Waals surface area contributed by atoms with E-state index in [2.05, 4.69) is 30.0 Å². The van der Waals surface area contributed by atoms with E-state index in [4.69, 9.17) is 0 Å². The molecule has 7 rings (SSSR count). The minimum Gasteiger partial charge on any atom is -0.406 e. The van der Waals surface area contributed by atoms with Gasteiger partial charge in [0.2, 0.25) is 0 Å². The average molecular weight is 769 g/mol. The van der Waals surface area contributed by atoms with Crippen LogP contribution in [0, 0.1) is 5.41 Å². The van der Waals surface area contributed by atoms with E-state index in [0.717, 1.165) is 22.3 Å². The van der Waals surface area contributed by atoms with E-state index in [1.54, 1.807) is 17.0 Å². The third-order valence-electron chi connectivity index (χ3n) is 11.9. The molecule has 2 amide bonds. The van der Waals surface area contributed by atoms with E-state index < -0.39 is 29.5 Å². The van der Waals surface area contributed by atoms with Gasteiger partial charge < -0.3 is 25.2 Å². The SMILES string of the molecule is CC1=CCC[C@@]2(C)[C@@H](CC[C@@]2(O)CN(Cc2ccc(OC(F)(F)F)cc2)C(=O)N[C@H](C)c2ccccc2)c2ccc(cc2C(=O)c2ccccc2)C[C@@H](O)CC1. The van der Waals surface area contributed by atoms with Gasteiger partial charge in [0.1, 0.15) is 5.75 Å². The van der Waals surface area contributed by atoms with Crippen molar-refractivity contribution in [2.75, 3.05) is 6.54 Å². The number of halogens is 3. The molecular formula is C46H51F3N2O5. The normalized spacial score (nSPS) is 23.3. The highest BCUT2D eigenvalue weighted by Crippen LogP contribution is 2.59. The quantitative estimate of drug-likeness (QED) is 0.116. The lowest BCUT2D eigenvalue weighted by molar-refractivity contribution is -0.274. The maximum atomic E-state index is 14.3. The van der Waals surface area contributed by atoms with Crippen LogP contribution in [0.1, 0.15) is 109 Å². The number of ether oxygens (including phenoxy) is 1. The molecular weight excluding hydrogens is 718 g/mol. The van der Waals surface area contributed by atoms with Crippen LogP contribution in [0.5, 0.6) is 5.75 Å². The molecule has 0 unspecified atom stereocenters. The molecule has 0 aromatic heterocycles. The van der Waals surface area contributed by atoms with Crippen molar-refractivity contribution < 1.29 is 37.7 Å². The summed E-state index contributed by atoms with van der Waals surface area (Å²) in [5, 5.41) is 27.1. The number of fused-ring (bicyclic) bond motifs is 8. The van der Waals surface area contributed by atoms with Crippen molar-refractivity contribution in [3.8, 4) is 5.75 Å². The number of allylic oxidation sites excluding steroid dienone is 2. The van der Waals surface area contributed by atoms with Crippen LogP contribution in [0.4, 0.5) is 18.0 Å². The largest absolute Gasteiger partial charge is 0.573 e. The summed E-state index contributed by atoms with van der Waals surface area (Å²) in [6.45, 7) is 5.92. The van der Waals surface area contributed by atoms with Crippen LogP contribution in [0.25, 0.3) is 0 Å². The Labute approximate surface area is 327 Å². The van der Waals surface area contributed by atoms with Gasteiger partial charge in [0.15, 0.2) is 5.78 Å². The highest BCUT2D eigenvalue weighted by atomic mass is 19.4.